The quantitative estimate of drug-likeness (QED) is 0.293. The van der Waals surface area contributed by atoms with Crippen LogP contribution >= 0.6 is 0 Å². The third-order valence-electron chi connectivity index (χ3n) is 4.93. The van der Waals surface area contributed by atoms with Crippen molar-refractivity contribution in [3.63, 3.8) is 0 Å². The van der Waals surface area contributed by atoms with Crippen molar-refractivity contribution in [2.75, 3.05) is 0 Å². The van der Waals surface area contributed by atoms with Crippen LogP contribution in [0.1, 0.15) is 0 Å². The first-order valence-corrected chi connectivity index (χ1v) is 8.41. The Bertz CT molecular complexity index is 1220. The van der Waals surface area contributed by atoms with Crippen LogP contribution in [0, 0.1) is 5.82 Å². The predicted octanol–water partition coefficient (Wildman–Crippen LogP) is 6.95. The Morgan fingerprint density at radius 3 is 1.52 bits per heavy atom. The zero-order valence-electron chi connectivity index (χ0n) is 13.5. The molecule has 0 saturated heterocycles. The molecule has 0 atom stereocenters. The highest BCUT2D eigenvalue weighted by Gasteiger charge is 2.10. The third kappa shape index (κ3) is 2.13. The van der Waals surface area contributed by atoms with E-state index in [-0.39, 0.29) is 5.82 Å². The van der Waals surface area contributed by atoms with Gasteiger partial charge in [-0.1, -0.05) is 78.9 Å². The fraction of sp³-hybridized carbons (Fsp3) is 0. The lowest BCUT2D eigenvalue weighted by Gasteiger charge is -2.12. The largest absolute Gasteiger partial charge is 0.206 e. The molecule has 0 nitrogen and oxygen atoms in total. The molecule has 5 rings (SSSR count). The molecule has 0 unspecified atom stereocenters. The number of fused-ring (bicyclic) bond motifs is 6. The van der Waals surface area contributed by atoms with Crippen LogP contribution in [0.25, 0.3) is 43.4 Å². The smallest absolute Gasteiger partial charge is 0.131 e. The molecule has 0 saturated carbocycles. The van der Waals surface area contributed by atoms with E-state index >= 15 is 0 Å². The van der Waals surface area contributed by atoms with E-state index in [1.807, 2.05) is 18.2 Å². The van der Waals surface area contributed by atoms with Crippen molar-refractivity contribution in [3.05, 3.63) is 96.8 Å². The van der Waals surface area contributed by atoms with E-state index in [2.05, 4.69) is 60.7 Å². The molecule has 1 heteroatoms. The van der Waals surface area contributed by atoms with Crippen molar-refractivity contribution in [2.24, 2.45) is 0 Å². The molecule has 0 aliphatic rings. The van der Waals surface area contributed by atoms with E-state index < -0.39 is 0 Å². The molecule has 0 aromatic heterocycles. The summed E-state index contributed by atoms with van der Waals surface area (Å²) in [6, 6.07) is 30.1. The van der Waals surface area contributed by atoms with Crippen LogP contribution in [0.3, 0.4) is 0 Å². The van der Waals surface area contributed by atoms with Crippen LogP contribution in [0.2, 0.25) is 0 Å². The van der Waals surface area contributed by atoms with Crippen LogP contribution in [0.5, 0.6) is 0 Å². The van der Waals surface area contributed by atoms with Gasteiger partial charge in [-0.05, 0) is 50.0 Å². The summed E-state index contributed by atoms with van der Waals surface area (Å²) in [5.41, 5.74) is 1.55. The molecule has 0 amide bonds. The molecule has 0 fully saturated rings. The van der Waals surface area contributed by atoms with Gasteiger partial charge in [0.15, 0.2) is 0 Å². The van der Waals surface area contributed by atoms with Gasteiger partial charge in [0.1, 0.15) is 5.82 Å². The van der Waals surface area contributed by atoms with Gasteiger partial charge in [-0.15, -0.1) is 0 Å². The van der Waals surface area contributed by atoms with Crippen molar-refractivity contribution in [1.29, 1.82) is 0 Å². The molecule has 5 aromatic carbocycles. The van der Waals surface area contributed by atoms with Crippen LogP contribution in [0.4, 0.5) is 4.39 Å². The average molecular weight is 322 g/mol. The Morgan fingerprint density at radius 1 is 0.440 bits per heavy atom. The number of halogens is 1. The molecule has 0 spiro atoms. The normalized spacial score (nSPS) is 11.4. The molecule has 25 heavy (non-hydrogen) atoms. The standard InChI is InChI=1S/C24H15F/c25-24-12-6-5-7-17(24)16-13-14-22-20-10-2-1-8-18(20)19-9-3-4-11-21(19)23(22)15-16/h1-15H. The molecular weight excluding hydrogens is 307 g/mol. The Hall–Kier alpha value is -3.19. The average Bonchev–Trinajstić information content (AvgIpc) is 2.68. The number of hydrogen-bond donors (Lipinski definition) is 0. The molecular formula is C24H15F. The van der Waals surface area contributed by atoms with Crippen molar-refractivity contribution in [2.45, 2.75) is 0 Å². The van der Waals surface area contributed by atoms with Gasteiger partial charge in [0.25, 0.3) is 0 Å². The van der Waals surface area contributed by atoms with Crippen molar-refractivity contribution < 1.29 is 4.39 Å². The van der Waals surface area contributed by atoms with E-state index in [0.29, 0.717) is 5.56 Å². The summed E-state index contributed by atoms with van der Waals surface area (Å²) in [7, 11) is 0. The Morgan fingerprint density at radius 2 is 0.920 bits per heavy atom. The molecule has 5 aromatic rings. The lowest BCUT2D eigenvalue weighted by Crippen LogP contribution is -1.86. The van der Waals surface area contributed by atoms with Crippen molar-refractivity contribution in [3.8, 4) is 11.1 Å². The molecule has 0 bridgehead atoms. The monoisotopic (exact) mass is 322 g/mol. The summed E-state index contributed by atoms with van der Waals surface area (Å²) in [5.74, 6) is -0.188. The second-order valence-corrected chi connectivity index (χ2v) is 6.33. The minimum absolute atomic E-state index is 0.188. The molecule has 0 aliphatic carbocycles. The minimum atomic E-state index is -0.188. The molecule has 0 radical (unpaired) electrons. The molecule has 118 valence electrons. The van der Waals surface area contributed by atoms with Gasteiger partial charge in [-0.3, -0.25) is 0 Å². The first kappa shape index (κ1) is 14.2. The number of benzene rings is 5. The van der Waals surface area contributed by atoms with Gasteiger partial charge in [0, 0.05) is 5.56 Å². The fourth-order valence-corrected chi connectivity index (χ4v) is 3.77. The van der Waals surface area contributed by atoms with E-state index in [1.54, 1.807) is 6.07 Å². The van der Waals surface area contributed by atoms with E-state index in [1.165, 1.54) is 33.0 Å². The van der Waals surface area contributed by atoms with Crippen molar-refractivity contribution >= 4 is 32.3 Å². The summed E-state index contributed by atoms with van der Waals surface area (Å²) < 4.78 is 14.2. The highest BCUT2D eigenvalue weighted by atomic mass is 19.1. The highest BCUT2D eigenvalue weighted by molar-refractivity contribution is 6.25. The topological polar surface area (TPSA) is 0 Å². The number of hydrogen-bond acceptors (Lipinski definition) is 0. The van der Waals surface area contributed by atoms with Crippen LogP contribution in [-0.4, -0.2) is 0 Å². The summed E-state index contributed by atoms with van der Waals surface area (Å²) in [6.45, 7) is 0. The van der Waals surface area contributed by atoms with Gasteiger partial charge in [0.05, 0.1) is 0 Å². The van der Waals surface area contributed by atoms with Crippen LogP contribution < -0.4 is 0 Å². The Balaban J connectivity index is 1.96. The number of rotatable bonds is 1. The molecule has 0 aliphatic heterocycles. The maximum atomic E-state index is 14.2. The van der Waals surface area contributed by atoms with Crippen molar-refractivity contribution in [1.82, 2.24) is 0 Å². The molecule has 0 heterocycles. The summed E-state index contributed by atoms with van der Waals surface area (Å²) in [6.07, 6.45) is 0. The second kappa shape index (κ2) is 5.42. The maximum absolute atomic E-state index is 14.2. The minimum Gasteiger partial charge on any atom is -0.206 e. The molecule has 0 N–H and O–H groups in total. The lowest BCUT2D eigenvalue weighted by atomic mass is 9.92. The fourth-order valence-electron chi connectivity index (χ4n) is 3.77. The van der Waals surface area contributed by atoms with E-state index in [4.69, 9.17) is 0 Å². The zero-order valence-corrected chi connectivity index (χ0v) is 13.5. The lowest BCUT2D eigenvalue weighted by molar-refractivity contribution is 0.631. The first-order chi connectivity index (χ1) is 12.3. The summed E-state index contributed by atoms with van der Waals surface area (Å²) in [4.78, 5) is 0. The SMILES string of the molecule is Fc1ccccc1-c1ccc2c3ccccc3c3ccccc3c2c1. The van der Waals surface area contributed by atoms with Gasteiger partial charge < -0.3 is 0 Å². The van der Waals surface area contributed by atoms with Crippen LogP contribution in [-0.2, 0) is 0 Å². The van der Waals surface area contributed by atoms with E-state index in [0.717, 1.165) is 10.9 Å². The highest BCUT2D eigenvalue weighted by Crippen LogP contribution is 2.37. The zero-order chi connectivity index (χ0) is 16.8. The third-order valence-corrected chi connectivity index (χ3v) is 4.93. The Labute approximate surface area is 145 Å². The predicted molar refractivity (Wildman–Crippen MR) is 104 cm³/mol. The van der Waals surface area contributed by atoms with Gasteiger partial charge >= 0.3 is 0 Å². The summed E-state index contributed by atoms with van der Waals surface area (Å²) in [5, 5.41) is 7.29. The van der Waals surface area contributed by atoms with E-state index in [9.17, 15) is 4.39 Å². The van der Waals surface area contributed by atoms with Gasteiger partial charge in [-0.2, -0.15) is 0 Å². The first-order valence-electron chi connectivity index (χ1n) is 8.41. The maximum Gasteiger partial charge on any atom is 0.131 e. The van der Waals surface area contributed by atoms with Gasteiger partial charge in [0.2, 0.25) is 0 Å². The van der Waals surface area contributed by atoms with Crippen LogP contribution in [0.15, 0.2) is 91.0 Å². The summed E-state index contributed by atoms with van der Waals surface area (Å²) >= 11 is 0. The Kier molecular flexibility index (Phi) is 3.07. The second-order valence-electron chi connectivity index (χ2n) is 6.33. The van der Waals surface area contributed by atoms with Gasteiger partial charge in [-0.25, -0.2) is 4.39 Å².